The van der Waals surface area contributed by atoms with Crippen molar-refractivity contribution in [1.82, 2.24) is 19.6 Å². The minimum Gasteiger partial charge on any atom is -0.395 e. The average molecular weight is 497 g/mol. The van der Waals surface area contributed by atoms with Crippen molar-refractivity contribution in [3.8, 4) is 0 Å². The Labute approximate surface area is 205 Å². The number of nitrogens with zero attached hydrogens (tertiary/aromatic N) is 3. The van der Waals surface area contributed by atoms with E-state index in [1.165, 1.54) is 29.2 Å². The Hall–Kier alpha value is -3.86. The molecule has 35 heavy (non-hydrogen) atoms. The zero-order chi connectivity index (χ0) is 24.9. The molecule has 0 unspecified atom stereocenters. The van der Waals surface area contributed by atoms with Crippen molar-refractivity contribution in [3.05, 3.63) is 76.3 Å². The number of hydrogen-bond donors (Lipinski definition) is 3. The van der Waals surface area contributed by atoms with E-state index in [1.807, 2.05) is 0 Å². The monoisotopic (exact) mass is 496 g/mol. The van der Waals surface area contributed by atoms with Crippen LogP contribution in [0.1, 0.15) is 63.0 Å². The predicted molar refractivity (Wildman–Crippen MR) is 129 cm³/mol. The van der Waals surface area contributed by atoms with Gasteiger partial charge in [0.25, 0.3) is 11.8 Å². The summed E-state index contributed by atoms with van der Waals surface area (Å²) in [6.45, 7) is 0.00997. The molecule has 3 aromatic rings. The molecular weight excluding hydrogens is 471 g/mol. The van der Waals surface area contributed by atoms with E-state index in [-0.39, 0.29) is 34.8 Å². The summed E-state index contributed by atoms with van der Waals surface area (Å²) in [5.41, 5.74) is 12.1. The second-order valence-electron chi connectivity index (χ2n) is 8.38. The first-order valence-electron chi connectivity index (χ1n) is 11.2. The van der Waals surface area contributed by atoms with Crippen molar-refractivity contribution in [1.29, 1.82) is 0 Å². The third kappa shape index (κ3) is 5.46. The number of pyridine rings is 1. The molecule has 3 amide bonds. The van der Waals surface area contributed by atoms with Gasteiger partial charge in [0, 0.05) is 25.0 Å². The molecule has 0 bridgehead atoms. The Morgan fingerprint density at radius 2 is 1.89 bits per heavy atom. The molecular formula is C24H25FN6O3S. The van der Waals surface area contributed by atoms with Crippen molar-refractivity contribution in [2.24, 2.45) is 5.73 Å². The number of benzene rings is 1. The fraction of sp³-hybridized carbons (Fsp3) is 0.292. The summed E-state index contributed by atoms with van der Waals surface area (Å²) >= 11 is 0.737. The minimum atomic E-state index is -1.09. The first-order valence-corrected chi connectivity index (χ1v) is 11.9. The lowest BCUT2D eigenvalue weighted by molar-refractivity contribution is -0.126. The van der Waals surface area contributed by atoms with Crippen LogP contribution >= 0.6 is 11.5 Å². The molecule has 11 heteroatoms. The van der Waals surface area contributed by atoms with Gasteiger partial charge in [0.2, 0.25) is 5.91 Å². The molecule has 1 aliphatic rings. The second-order valence-corrected chi connectivity index (χ2v) is 9.15. The molecule has 4 rings (SSSR count). The third-order valence-corrected chi connectivity index (χ3v) is 6.79. The normalized spacial score (nSPS) is 14.4. The van der Waals surface area contributed by atoms with E-state index in [0.29, 0.717) is 11.1 Å². The maximum atomic E-state index is 13.8. The number of anilines is 1. The lowest BCUT2D eigenvalue weighted by atomic mass is 10.0. The maximum Gasteiger partial charge on any atom is 0.270 e. The highest BCUT2D eigenvalue weighted by molar-refractivity contribution is 7.09. The highest BCUT2D eigenvalue weighted by Crippen LogP contribution is 2.31. The highest BCUT2D eigenvalue weighted by atomic mass is 32.1. The Balaban J connectivity index is 1.78. The van der Waals surface area contributed by atoms with E-state index in [0.717, 1.165) is 37.2 Å². The van der Waals surface area contributed by atoms with E-state index < -0.39 is 23.7 Å². The van der Waals surface area contributed by atoms with E-state index in [1.54, 1.807) is 24.5 Å². The van der Waals surface area contributed by atoms with E-state index in [2.05, 4.69) is 14.7 Å². The van der Waals surface area contributed by atoms with Crippen LogP contribution in [-0.4, -0.2) is 38.0 Å². The van der Waals surface area contributed by atoms with Crippen LogP contribution in [0, 0.1) is 5.82 Å². The van der Waals surface area contributed by atoms with Crippen molar-refractivity contribution in [3.63, 3.8) is 0 Å². The summed E-state index contributed by atoms with van der Waals surface area (Å²) in [7, 11) is 0. The zero-order valence-corrected chi connectivity index (χ0v) is 19.6. The highest BCUT2D eigenvalue weighted by Gasteiger charge is 2.36. The zero-order valence-electron chi connectivity index (χ0n) is 18.8. The van der Waals surface area contributed by atoms with Crippen LogP contribution in [0.4, 0.5) is 10.1 Å². The molecule has 9 nitrogen and oxygen atoms in total. The number of nitrogens with two attached hydrogens (primary N) is 2. The van der Waals surface area contributed by atoms with Crippen LogP contribution in [-0.2, 0) is 11.3 Å². The Morgan fingerprint density at radius 1 is 1.17 bits per heavy atom. The van der Waals surface area contributed by atoms with Crippen LogP contribution in [0.3, 0.4) is 0 Å². The first-order chi connectivity index (χ1) is 16.8. The lowest BCUT2D eigenvalue weighted by Crippen LogP contribution is -2.45. The molecule has 1 aliphatic carbocycles. The molecule has 1 fully saturated rings. The van der Waals surface area contributed by atoms with Gasteiger partial charge in [-0.05, 0) is 53.7 Å². The standard InChI is InChI=1S/C24H25FN6O3S/c25-16-9-7-15(8-10-16)20(23(33)29-17-5-1-2-6-17)31(13-14-4-3-11-28-12-14)24(34)21-18(26)19(22(27)32)30-35-21/h3-4,7-12,17,20H,1-2,5-6,13,26H2,(H2,27,32)(H,29,33)/t20-/m1/s1. The number of primary amides is 1. The topological polar surface area (TPSA) is 144 Å². The van der Waals surface area contributed by atoms with E-state index in [9.17, 15) is 18.8 Å². The summed E-state index contributed by atoms with van der Waals surface area (Å²) in [6.07, 6.45) is 6.90. The Morgan fingerprint density at radius 3 is 2.49 bits per heavy atom. The number of nitrogen functional groups attached to an aromatic ring is 1. The molecule has 1 saturated carbocycles. The lowest BCUT2D eigenvalue weighted by Gasteiger charge is -2.32. The summed E-state index contributed by atoms with van der Waals surface area (Å²) in [5, 5.41) is 3.04. The van der Waals surface area contributed by atoms with Crippen molar-refractivity contribution < 1.29 is 18.8 Å². The molecule has 0 aliphatic heterocycles. The number of carbonyl (C=O) groups excluding carboxylic acids is 3. The molecule has 182 valence electrons. The molecule has 2 heterocycles. The molecule has 0 spiro atoms. The number of aromatic nitrogens is 2. The predicted octanol–water partition coefficient (Wildman–Crippen LogP) is 2.80. The maximum absolute atomic E-state index is 13.8. The summed E-state index contributed by atoms with van der Waals surface area (Å²) < 4.78 is 17.7. The molecule has 0 saturated heterocycles. The van der Waals surface area contributed by atoms with Gasteiger partial charge in [-0.25, -0.2) is 4.39 Å². The Kier molecular flexibility index (Phi) is 7.35. The van der Waals surface area contributed by atoms with Gasteiger partial charge in [-0.15, -0.1) is 0 Å². The molecule has 5 N–H and O–H groups in total. The number of hydrogen-bond acceptors (Lipinski definition) is 7. The number of halogens is 1. The summed E-state index contributed by atoms with van der Waals surface area (Å²) in [6, 6.07) is 7.82. The van der Waals surface area contributed by atoms with Gasteiger partial charge in [0.15, 0.2) is 5.69 Å². The van der Waals surface area contributed by atoms with Crippen LogP contribution in [0.15, 0.2) is 48.8 Å². The summed E-state index contributed by atoms with van der Waals surface area (Å²) in [5.74, 6) is -2.32. The van der Waals surface area contributed by atoms with Crippen molar-refractivity contribution in [2.45, 2.75) is 44.3 Å². The van der Waals surface area contributed by atoms with Gasteiger partial charge in [-0.2, -0.15) is 4.37 Å². The first kappa shape index (κ1) is 24.3. The van der Waals surface area contributed by atoms with Crippen molar-refractivity contribution in [2.75, 3.05) is 5.73 Å². The van der Waals surface area contributed by atoms with Crippen LogP contribution in [0.25, 0.3) is 0 Å². The van der Waals surface area contributed by atoms with E-state index >= 15 is 0 Å². The Bertz CT molecular complexity index is 1210. The molecule has 0 radical (unpaired) electrons. The fourth-order valence-corrected chi connectivity index (χ4v) is 4.96. The third-order valence-electron chi connectivity index (χ3n) is 5.94. The molecule has 1 aromatic carbocycles. The average Bonchev–Trinajstić information content (AvgIpc) is 3.49. The van der Waals surface area contributed by atoms with Gasteiger partial charge >= 0.3 is 0 Å². The number of amides is 3. The van der Waals surface area contributed by atoms with Crippen LogP contribution in [0.5, 0.6) is 0 Å². The molecule has 2 aromatic heterocycles. The summed E-state index contributed by atoms with van der Waals surface area (Å²) in [4.78, 5) is 44.5. The van der Waals surface area contributed by atoms with Crippen LogP contribution < -0.4 is 16.8 Å². The molecule has 1 atom stereocenters. The minimum absolute atomic E-state index is 0.00395. The van der Waals surface area contributed by atoms with Crippen LogP contribution in [0.2, 0.25) is 0 Å². The van der Waals surface area contributed by atoms with Crippen molar-refractivity contribution >= 4 is 34.9 Å². The van der Waals surface area contributed by atoms with Gasteiger partial charge < -0.3 is 21.7 Å². The second kappa shape index (κ2) is 10.6. The van der Waals surface area contributed by atoms with Gasteiger partial charge in [0.1, 0.15) is 16.7 Å². The fourth-order valence-electron chi connectivity index (χ4n) is 4.20. The quantitative estimate of drug-likeness (QED) is 0.437. The SMILES string of the molecule is NC(=O)c1nsc(C(=O)N(Cc2cccnc2)[C@@H](C(=O)NC2CCCC2)c2ccc(F)cc2)c1N. The smallest absolute Gasteiger partial charge is 0.270 e. The number of rotatable bonds is 8. The van der Waals surface area contributed by atoms with Gasteiger partial charge in [-0.3, -0.25) is 19.4 Å². The van der Waals surface area contributed by atoms with E-state index in [4.69, 9.17) is 11.5 Å². The number of nitrogens with one attached hydrogen (secondary N) is 1. The van der Waals surface area contributed by atoms with Gasteiger partial charge in [-0.1, -0.05) is 31.0 Å². The largest absolute Gasteiger partial charge is 0.395 e. The van der Waals surface area contributed by atoms with Gasteiger partial charge in [0.05, 0.1) is 5.69 Å². The number of carbonyl (C=O) groups is 3.